The van der Waals surface area contributed by atoms with Crippen molar-refractivity contribution >= 4 is 28.5 Å². The molecule has 238 valence electrons. The van der Waals surface area contributed by atoms with Crippen molar-refractivity contribution in [1.29, 1.82) is 0 Å². The lowest BCUT2D eigenvalue weighted by Crippen LogP contribution is -2.37. The molecule has 1 aliphatic carbocycles. The Morgan fingerprint density at radius 2 is 2.00 bits per heavy atom. The summed E-state index contributed by atoms with van der Waals surface area (Å²) in [5.41, 5.74) is 14.2. The molecule has 2 aliphatic rings. The third-order valence-electron chi connectivity index (χ3n) is 9.08. The summed E-state index contributed by atoms with van der Waals surface area (Å²) in [5, 5.41) is 4.17. The van der Waals surface area contributed by atoms with E-state index in [-0.39, 0.29) is 23.1 Å². The molecule has 2 aromatic heterocycles. The van der Waals surface area contributed by atoms with E-state index in [0.29, 0.717) is 51.8 Å². The van der Waals surface area contributed by atoms with Crippen LogP contribution in [0.5, 0.6) is 0 Å². The predicted octanol–water partition coefficient (Wildman–Crippen LogP) is 6.32. The Hall–Kier alpha value is -3.60. The average Bonchev–Trinajstić information content (AvgIpc) is 3.78. The number of H-pyrrole nitrogens is 1. The zero-order valence-electron chi connectivity index (χ0n) is 25.5. The van der Waals surface area contributed by atoms with Gasteiger partial charge in [-0.1, -0.05) is 24.1 Å². The second kappa shape index (κ2) is 13.4. The molecule has 6 N–H and O–H groups in total. The van der Waals surface area contributed by atoms with Crippen molar-refractivity contribution in [3.8, 4) is 16.9 Å². The van der Waals surface area contributed by atoms with Gasteiger partial charge in [0.1, 0.15) is 11.5 Å². The number of amidine groups is 1. The number of aryl methyl sites for hydroxylation is 1. The number of hydrogen-bond acceptors (Lipinski definition) is 5. The fourth-order valence-corrected chi connectivity index (χ4v) is 6.69. The summed E-state index contributed by atoms with van der Waals surface area (Å²) in [7, 11) is 0. The van der Waals surface area contributed by atoms with Gasteiger partial charge in [-0.2, -0.15) is 4.98 Å². The molecule has 1 aliphatic heterocycles. The van der Waals surface area contributed by atoms with Crippen LogP contribution in [0.4, 0.5) is 8.78 Å². The highest BCUT2D eigenvalue weighted by molar-refractivity contribution is 6.31. The van der Waals surface area contributed by atoms with Crippen LogP contribution in [0.1, 0.15) is 75.5 Å². The van der Waals surface area contributed by atoms with E-state index in [0.717, 1.165) is 50.5 Å². The normalized spacial score (nSPS) is 19.7. The summed E-state index contributed by atoms with van der Waals surface area (Å²) in [6.07, 6.45) is 10.2. The van der Waals surface area contributed by atoms with Crippen LogP contribution in [-0.4, -0.2) is 39.0 Å². The van der Waals surface area contributed by atoms with Crippen LogP contribution in [0, 0.1) is 17.6 Å². The van der Waals surface area contributed by atoms with Crippen LogP contribution < -0.4 is 22.5 Å². The number of nitrogens with two attached hydrogens (primary N) is 2. The number of aromatic amines is 1. The van der Waals surface area contributed by atoms with Gasteiger partial charge in [0.2, 0.25) is 0 Å². The van der Waals surface area contributed by atoms with E-state index in [1.54, 1.807) is 43.5 Å². The van der Waals surface area contributed by atoms with Gasteiger partial charge in [-0.25, -0.2) is 13.6 Å². The first-order valence-corrected chi connectivity index (χ1v) is 16.2. The third kappa shape index (κ3) is 7.29. The summed E-state index contributed by atoms with van der Waals surface area (Å²) in [4.78, 5) is 24.6. The minimum atomic E-state index is -0.575. The van der Waals surface area contributed by atoms with E-state index >= 15 is 8.78 Å². The topological polar surface area (TPSA) is 127 Å². The first-order chi connectivity index (χ1) is 21.7. The fraction of sp³-hybridized carbons (Fsp3) is 0.441. The van der Waals surface area contributed by atoms with E-state index in [1.807, 2.05) is 0 Å². The van der Waals surface area contributed by atoms with Gasteiger partial charge >= 0.3 is 5.69 Å². The summed E-state index contributed by atoms with van der Waals surface area (Å²) in [6, 6.07) is 10.3. The quantitative estimate of drug-likeness (QED) is 0.113. The van der Waals surface area contributed by atoms with Gasteiger partial charge < -0.3 is 21.8 Å². The van der Waals surface area contributed by atoms with E-state index in [2.05, 4.69) is 20.3 Å². The molecule has 1 saturated carbocycles. The Kier molecular flexibility index (Phi) is 9.35. The Labute approximate surface area is 266 Å². The largest absolute Gasteiger partial charge is 0.388 e. The SMILES string of the molecule is CC(N)=NCC[C@@H]1CCC[C@@H](c2ccc(-n3cc4cc(-c5cc(CCCC(N)C6CC6)cc(Cl)c5F)[nH]c4nc3=O)cc2F)N1. The first-order valence-electron chi connectivity index (χ1n) is 15.8. The molecule has 2 aromatic carbocycles. The lowest BCUT2D eigenvalue weighted by atomic mass is 9.91. The van der Waals surface area contributed by atoms with Crippen molar-refractivity contribution in [1.82, 2.24) is 19.9 Å². The maximum atomic E-state index is 15.5. The number of aromatic nitrogens is 3. The molecule has 1 unspecified atom stereocenters. The van der Waals surface area contributed by atoms with Crippen molar-refractivity contribution in [3.05, 3.63) is 80.9 Å². The standard InChI is InChI=1S/C34H40ClF2N7O/c1-19(38)40-13-12-23-5-3-7-30(41-23)25-11-10-24(17-28(25)36)44-18-22-16-31(42-33(22)43-34(44)45)26-14-20(15-27(35)32(26)37)4-2-6-29(39)21-8-9-21/h10-11,14-18,21,23,29-30,41H,2-9,12-13,39H2,1H3,(H2,38,40)(H,42,43,45)/t23-,29?,30-/m0/s1. The number of rotatable bonds is 11. The molecule has 0 radical (unpaired) electrons. The van der Waals surface area contributed by atoms with Crippen LogP contribution in [-0.2, 0) is 6.42 Å². The third-order valence-corrected chi connectivity index (χ3v) is 9.35. The molecule has 3 heterocycles. The molecule has 3 atom stereocenters. The van der Waals surface area contributed by atoms with E-state index in [9.17, 15) is 4.79 Å². The lowest BCUT2D eigenvalue weighted by molar-refractivity contribution is 0.309. The van der Waals surface area contributed by atoms with Crippen molar-refractivity contribution in [2.24, 2.45) is 22.4 Å². The minimum Gasteiger partial charge on any atom is -0.388 e. The van der Waals surface area contributed by atoms with Crippen LogP contribution in [0.25, 0.3) is 28.0 Å². The number of piperidine rings is 1. The van der Waals surface area contributed by atoms with Gasteiger partial charge in [0.15, 0.2) is 5.82 Å². The molecule has 0 spiro atoms. The molecule has 2 fully saturated rings. The molecule has 6 rings (SSSR count). The molecule has 0 bridgehead atoms. The Bertz CT molecular complexity index is 1780. The van der Waals surface area contributed by atoms with Crippen LogP contribution in [0.15, 0.2) is 52.4 Å². The molecule has 11 heteroatoms. The predicted molar refractivity (Wildman–Crippen MR) is 176 cm³/mol. The number of fused-ring (bicyclic) bond motifs is 1. The highest BCUT2D eigenvalue weighted by Gasteiger charge is 2.28. The zero-order chi connectivity index (χ0) is 31.7. The Balaban J connectivity index is 1.21. The highest BCUT2D eigenvalue weighted by atomic mass is 35.5. The summed E-state index contributed by atoms with van der Waals surface area (Å²) >= 11 is 6.29. The van der Waals surface area contributed by atoms with Gasteiger partial charge in [-0.3, -0.25) is 9.56 Å². The van der Waals surface area contributed by atoms with E-state index < -0.39 is 17.3 Å². The monoisotopic (exact) mass is 635 g/mol. The Morgan fingerprint density at radius 3 is 2.76 bits per heavy atom. The van der Waals surface area contributed by atoms with Gasteiger partial charge in [0.05, 0.1) is 22.2 Å². The van der Waals surface area contributed by atoms with Crippen LogP contribution >= 0.6 is 11.6 Å². The Morgan fingerprint density at radius 1 is 1.18 bits per heavy atom. The van der Waals surface area contributed by atoms with Crippen LogP contribution in [0.3, 0.4) is 0 Å². The maximum Gasteiger partial charge on any atom is 0.354 e. The zero-order valence-corrected chi connectivity index (χ0v) is 26.2. The molecule has 8 nitrogen and oxygen atoms in total. The van der Waals surface area contributed by atoms with E-state index in [4.69, 9.17) is 23.1 Å². The van der Waals surface area contributed by atoms with E-state index in [1.165, 1.54) is 23.5 Å². The van der Waals surface area contributed by atoms with Gasteiger partial charge in [-0.05, 0) is 100 Å². The van der Waals surface area contributed by atoms with Crippen molar-refractivity contribution in [2.45, 2.75) is 82.8 Å². The molecular weight excluding hydrogens is 596 g/mol. The number of halogens is 3. The molecular formula is C34H40ClF2N7O. The van der Waals surface area contributed by atoms with Crippen LogP contribution in [0.2, 0.25) is 5.02 Å². The fourth-order valence-electron chi connectivity index (χ4n) is 6.45. The van der Waals surface area contributed by atoms with Gasteiger partial charge in [-0.15, -0.1) is 0 Å². The number of hydrogen-bond donors (Lipinski definition) is 4. The molecule has 1 saturated heterocycles. The number of benzene rings is 2. The summed E-state index contributed by atoms with van der Waals surface area (Å²) in [6.45, 7) is 2.40. The van der Waals surface area contributed by atoms with Crippen molar-refractivity contribution in [3.63, 3.8) is 0 Å². The highest BCUT2D eigenvalue weighted by Crippen LogP contribution is 2.35. The van der Waals surface area contributed by atoms with Gasteiger partial charge in [0.25, 0.3) is 0 Å². The summed E-state index contributed by atoms with van der Waals surface area (Å²) < 4.78 is 32.0. The maximum absolute atomic E-state index is 15.5. The molecule has 0 amide bonds. The smallest absolute Gasteiger partial charge is 0.354 e. The number of nitrogens with one attached hydrogen (secondary N) is 2. The lowest BCUT2D eigenvalue weighted by Gasteiger charge is -2.31. The second-order valence-electron chi connectivity index (χ2n) is 12.6. The van der Waals surface area contributed by atoms with Gasteiger partial charge in [0, 0.05) is 47.4 Å². The number of aliphatic imine (C=N–C) groups is 1. The van der Waals surface area contributed by atoms with Crippen molar-refractivity contribution in [2.75, 3.05) is 6.54 Å². The first kappa shape index (κ1) is 31.4. The molecule has 4 aromatic rings. The number of nitrogens with zero attached hydrogens (tertiary/aromatic N) is 3. The molecule has 45 heavy (non-hydrogen) atoms. The minimum absolute atomic E-state index is 0.0358. The second-order valence-corrected chi connectivity index (χ2v) is 13.0. The summed E-state index contributed by atoms with van der Waals surface area (Å²) in [5.74, 6) is 0.257. The average molecular weight is 636 g/mol. The van der Waals surface area contributed by atoms with Crippen molar-refractivity contribution < 1.29 is 8.78 Å².